The Bertz CT molecular complexity index is 500. The number of aliphatic hydroxyl groups excluding tert-OH is 1. The van der Waals surface area contributed by atoms with Gasteiger partial charge in [-0.25, -0.2) is 0 Å². The predicted molar refractivity (Wildman–Crippen MR) is 77.2 cm³/mol. The van der Waals surface area contributed by atoms with Crippen molar-refractivity contribution in [3.8, 4) is 5.75 Å². The van der Waals surface area contributed by atoms with Gasteiger partial charge in [0.2, 0.25) is 6.29 Å². The molecule has 0 amide bonds. The zero-order valence-corrected chi connectivity index (χ0v) is 11.5. The molecule has 2 rings (SSSR count). The van der Waals surface area contributed by atoms with E-state index in [2.05, 4.69) is 6.92 Å². The third kappa shape index (κ3) is 3.83. The van der Waals surface area contributed by atoms with E-state index in [1.807, 2.05) is 55.5 Å². The van der Waals surface area contributed by atoms with Crippen molar-refractivity contribution in [2.45, 2.75) is 33.0 Å². The lowest BCUT2D eigenvalue weighted by Gasteiger charge is -2.14. The SMILES string of the molecule is CCCc1ccc(C(O)Oc2ccc(C)cc2)cc1. The molecule has 0 aliphatic rings. The number of hydrogen-bond acceptors (Lipinski definition) is 2. The van der Waals surface area contributed by atoms with Gasteiger partial charge in [0.1, 0.15) is 5.75 Å². The molecule has 1 N–H and O–H groups in total. The van der Waals surface area contributed by atoms with E-state index in [9.17, 15) is 5.11 Å². The molecule has 2 heteroatoms. The number of hydrogen-bond donors (Lipinski definition) is 1. The van der Waals surface area contributed by atoms with E-state index >= 15 is 0 Å². The van der Waals surface area contributed by atoms with Crippen LogP contribution in [-0.4, -0.2) is 5.11 Å². The van der Waals surface area contributed by atoms with Crippen molar-refractivity contribution < 1.29 is 9.84 Å². The summed E-state index contributed by atoms with van der Waals surface area (Å²) >= 11 is 0. The average Bonchev–Trinajstić information content (AvgIpc) is 2.42. The largest absolute Gasteiger partial charge is 0.461 e. The van der Waals surface area contributed by atoms with Crippen LogP contribution in [0.3, 0.4) is 0 Å². The Morgan fingerprint density at radius 3 is 2.21 bits per heavy atom. The predicted octanol–water partition coefficient (Wildman–Crippen LogP) is 4.02. The number of ether oxygens (including phenoxy) is 1. The van der Waals surface area contributed by atoms with Crippen molar-refractivity contribution in [1.82, 2.24) is 0 Å². The van der Waals surface area contributed by atoms with Gasteiger partial charge in [-0.3, -0.25) is 0 Å². The molecule has 0 aliphatic carbocycles. The smallest absolute Gasteiger partial charge is 0.224 e. The van der Waals surface area contributed by atoms with Gasteiger partial charge in [0.25, 0.3) is 0 Å². The first-order valence-electron chi connectivity index (χ1n) is 6.69. The zero-order chi connectivity index (χ0) is 13.7. The maximum absolute atomic E-state index is 10.0. The van der Waals surface area contributed by atoms with Crippen LogP contribution in [-0.2, 0) is 6.42 Å². The summed E-state index contributed by atoms with van der Waals surface area (Å²) < 4.78 is 5.51. The molecular formula is C17H20O2. The Kier molecular flexibility index (Phi) is 4.58. The lowest BCUT2D eigenvalue weighted by atomic mass is 10.1. The third-order valence-corrected chi connectivity index (χ3v) is 3.07. The number of rotatable bonds is 5. The van der Waals surface area contributed by atoms with Crippen molar-refractivity contribution in [3.05, 3.63) is 65.2 Å². The molecule has 0 aromatic heterocycles. The van der Waals surface area contributed by atoms with Gasteiger partial charge in [-0.05, 0) is 31.0 Å². The van der Waals surface area contributed by atoms with Crippen molar-refractivity contribution >= 4 is 0 Å². The van der Waals surface area contributed by atoms with Crippen LogP contribution in [0.1, 0.15) is 36.3 Å². The van der Waals surface area contributed by atoms with Gasteiger partial charge in [0.15, 0.2) is 0 Å². The molecule has 0 spiro atoms. The summed E-state index contributed by atoms with van der Waals surface area (Å²) in [6, 6.07) is 15.6. The van der Waals surface area contributed by atoms with Crippen molar-refractivity contribution in [3.63, 3.8) is 0 Å². The average molecular weight is 256 g/mol. The fraction of sp³-hybridized carbons (Fsp3) is 0.294. The van der Waals surface area contributed by atoms with Crippen LogP contribution < -0.4 is 4.74 Å². The Balaban J connectivity index is 2.02. The van der Waals surface area contributed by atoms with Gasteiger partial charge in [-0.1, -0.05) is 55.3 Å². The molecule has 0 radical (unpaired) electrons. The van der Waals surface area contributed by atoms with Crippen LogP contribution in [0.4, 0.5) is 0 Å². The highest BCUT2D eigenvalue weighted by Crippen LogP contribution is 2.21. The fourth-order valence-corrected chi connectivity index (χ4v) is 1.95. The van der Waals surface area contributed by atoms with Crippen molar-refractivity contribution in [2.24, 2.45) is 0 Å². The summed E-state index contributed by atoms with van der Waals surface area (Å²) in [5.74, 6) is 0.677. The van der Waals surface area contributed by atoms with E-state index < -0.39 is 6.29 Å². The topological polar surface area (TPSA) is 29.5 Å². The minimum absolute atomic E-state index is 0.677. The fourth-order valence-electron chi connectivity index (χ4n) is 1.95. The molecule has 1 atom stereocenters. The second-order valence-corrected chi connectivity index (χ2v) is 4.77. The minimum atomic E-state index is -0.918. The maximum atomic E-state index is 10.0. The summed E-state index contributed by atoms with van der Waals surface area (Å²) in [5, 5.41) is 10.0. The maximum Gasteiger partial charge on any atom is 0.224 e. The van der Waals surface area contributed by atoms with Crippen molar-refractivity contribution in [1.29, 1.82) is 0 Å². The van der Waals surface area contributed by atoms with Crippen LogP contribution in [0.15, 0.2) is 48.5 Å². The van der Waals surface area contributed by atoms with Gasteiger partial charge in [0.05, 0.1) is 0 Å². The molecular weight excluding hydrogens is 236 g/mol. The molecule has 0 aliphatic heterocycles. The molecule has 2 aromatic carbocycles. The first kappa shape index (κ1) is 13.6. The quantitative estimate of drug-likeness (QED) is 0.819. The summed E-state index contributed by atoms with van der Waals surface area (Å²) in [6.45, 7) is 4.18. The molecule has 0 bridgehead atoms. The Labute approximate surface area is 114 Å². The summed E-state index contributed by atoms with van der Waals surface area (Å²) in [5.41, 5.74) is 3.24. The Hall–Kier alpha value is -1.80. The Morgan fingerprint density at radius 2 is 1.63 bits per heavy atom. The van der Waals surface area contributed by atoms with Crippen LogP contribution in [0, 0.1) is 6.92 Å². The van der Waals surface area contributed by atoms with Crippen LogP contribution in [0.25, 0.3) is 0 Å². The molecule has 1 unspecified atom stereocenters. The van der Waals surface area contributed by atoms with Crippen LogP contribution in [0.2, 0.25) is 0 Å². The molecule has 0 saturated heterocycles. The Morgan fingerprint density at radius 1 is 1.00 bits per heavy atom. The zero-order valence-electron chi connectivity index (χ0n) is 11.5. The highest BCUT2D eigenvalue weighted by atomic mass is 16.6. The normalized spacial score (nSPS) is 12.2. The van der Waals surface area contributed by atoms with E-state index in [-0.39, 0.29) is 0 Å². The van der Waals surface area contributed by atoms with E-state index in [1.165, 1.54) is 11.1 Å². The first-order chi connectivity index (χ1) is 9.19. The molecule has 2 nitrogen and oxygen atoms in total. The lowest BCUT2D eigenvalue weighted by Crippen LogP contribution is -2.06. The van der Waals surface area contributed by atoms with Gasteiger partial charge in [-0.2, -0.15) is 0 Å². The summed E-state index contributed by atoms with van der Waals surface area (Å²) in [7, 11) is 0. The number of benzene rings is 2. The van der Waals surface area contributed by atoms with Gasteiger partial charge in [0, 0.05) is 5.56 Å². The molecule has 0 heterocycles. The molecule has 2 aromatic rings. The van der Waals surface area contributed by atoms with E-state index in [0.717, 1.165) is 18.4 Å². The highest BCUT2D eigenvalue weighted by molar-refractivity contribution is 5.28. The molecule has 0 fully saturated rings. The van der Waals surface area contributed by atoms with E-state index in [1.54, 1.807) is 0 Å². The van der Waals surface area contributed by atoms with Crippen LogP contribution in [0.5, 0.6) is 5.75 Å². The number of aryl methyl sites for hydroxylation is 2. The number of aliphatic hydroxyl groups is 1. The third-order valence-electron chi connectivity index (χ3n) is 3.07. The minimum Gasteiger partial charge on any atom is -0.461 e. The van der Waals surface area contributed by atoms with E-state index in [0.29, 0.717) is 5.75 Å². The van der Waals surface area contributed by atoms with Crippen LogP contribution >= 0.6 is 0 Å². The van der Waals surface area contributed by atoms with Crippen molar-refractivity contribution in [2.75, 3.05) is 0 Å². The highest BCUT2D eigenvalue weighted by Gasteiger charge is 2.08. The molecule has 0 saturated carbocycles. The van der Waals surface area contributed by atoms with Gasteiger partial charge in [-0.15, -0.1) is 0 Å². The first-order valence-corrected chi connectivity index (χ1v) is 6.69. The summed E-state index contributed by atoms with van der Waals surface area (Å²) in [6.07, 6.45) is 1.27. The summed E-state index contributed by atoms with van der Waals surface area (Å²) in [4.78, 5) is 0. The van der Waals surface area contributed by atoms with E-state index in [4.69, 9.17) is 4.74 Å². The van der Waals surface area contributed by atoms with Gasteiger partial charge >= 0.3 is 0 Å². The standard InChI is InChI=1S/C17H20O2/c1-3-4-14-7-9-15(10-8-14)17(18)19-16-11-5-13(2)6-12-16/h5-12,17-18H,3-4H2,1-2H3. The lowest BCUT2D eigenvalue weighted by molar-refractivity contribution is -0.0194. The monoisotopic (exact) mass is 256 g/mol. The molecule has 100 valence electrons. The van der Waals surface area contributed by atoms with Gasteiger partial charge < -0.3 is 9.84 Å². The molecule has 19 heavy (non-hydrogen) atoms. The second kappa shape index (κ2) is 6.39. The second-order valence-electron chi connectivity index (χ2n) is 4.77.